The molecule has 29 heavy (non-hydrogen) atoms. The molecule has 10 heteroatoms. The van der Waals surface area contributed by atoms with E-state index in [-0.39, 0.29) is 35.9 Å². The van der Waals surface area contributed by atoms with Gasteiger partial charge in [-0.1, -0.05) is 49.7 Å². The van der Waals surface area contributed by atoms with Gasteiger partial charge in [0.25, 0.3) is 0 Å². The van der Waals surface area contributed by atoms with Crippen LogP contribution in [-0.2, 0) is 32.5 Å². The maximum absolute atomic E-state index is 12.3. The standard InChI is InChI=1S/C19H24ClN3O4S2/c1-13(2)18(24)27-9-8-15-12-22-19(28-15)23-29(25,26)10-4-6-14-5-3-7-17(20)16(14)11-21/h3-7,12-13H,8-11,21H2,1-2H3,(H,22,23). The molecule has 0 saturated heterocycles. The largest absolute Gasteiger partial charge is 0.465 e. The summed E-state index contributed by atoms with van der Waals surface area (Å²) in [6.45, 7) is 4.02. The topological polar surface area (TPSA) is 111 Å². The molecule has 1 aromatic carbocycles. The molecule has 1 aromatic heterocycles. The lowest BCUT2D eigenvalue weighted by atomic mass is 10.1. The van der Waals surface area contributed by atoms with E-state index in [9.17, 15) is 13.2 Å². The van der Waals surface area contributed by atoms with Gasteiger partial charge in [0.1, 0.15) is 0 Å². The number of anilines is 1. The molecule has 0 aliphatic rings. The van der Waals surface area contributed by atoms with Gasteiger partial charge in [-0.2, -0.15) is 0 Å². The SMILES string of the molecule is CC(C)C(=O)OCCc1cnc(NS(=O)(=O)CC=Cc2cccc(Cl)c2CN)s1. The molecule has 0 unspecified atom stereocenters. The normalized spacial score (nSPS) is 11.9. The fourth-order valence-corrected chi connectivity index (χ4v) is 4.52. The van der Waals surface area contributed by atoms with Gasteiger partial charge in [0.2, 0.25) is 10.0 Å². The van der Waals surface area contributed by atoms with Crippen molar-refractivity contribution in [2.75, 3.05) is 17.1 Å². The summed E-state index contributed by atoms with van der Waals surface area (Å²) in [5.41, 5.74) is 7.24. The molecular formula is C19H24ClN3O4S2. The number of nitrogens with two attached hydrogens (primary N) is 1. The third-order valence-corrected chi connectivity index (χ3v) is 6.42. The minimum absolute atomic E-state index is 0.181. The first-order chi connectivity index (χ1) is 13.7. The molecule has 0 spiro atoms. The maximum Gasteiger partial charge on any atom is 0.308 e. The van der Waals surface area contributed by atoms with Crippen LogP contribution in [-0.4, -0.2) is 31.7 Å². The Labute approximate surface area is 180 Å². The molecule has 158 valence electrons. The molecule has 2 rings (SSSR count). The third kappa shape index (κ3) is 7.43. The number of hydrogen-bond acceptors (Lipinski definition) is 7. The van der Waals surface area contributed by atoms with Crippen LogP contribution in [0.25, 0.3) is 6.08 Å². The highest BCUT2D eigenvalue weighted by atomic mass is 35.5. The van der Waals surface area contributed by atoms with Gasteiger partial charge in [0.05, 0.1) is 18.3 Å². The number of carbonyl (C=O) groups excluding carboxylic acids is 1. The van der Waals surface area contributed by atoms with Crippen LogP contribution in [0, 0.1) is 5.92 Å². The first kappa shape index (κ1) is 23.3. The zero-order chi connectivity index (χ0) is 21.4. The van der Waals surface area contributed by atoms with Gasteiger partial charge in [-0.3, -0.25) is 9.52 Å². The molecule has 2 aromatic rings. The van der Waals surface area contributed by atoms with Gasteiger partial charge < -0.3 is 10.5 Å². The molecule has 0 amide bonds. The maximum atomic E-state index is 12.3. The predicted molar refractivity (Wildman–Crippen MR) is 117 cm³/mol. The molecule has 0 fully saturated rings. The molecule has 0 aliphatic heterocycles. The number of rotatable bonds is 10. The third-order valence-electron chi connectivity index (χ3n) is 3.83. The Morgan fingerprint density at radius 2 is 2.17 bits per heavy atom. The number of nitrogens with zero attached hydrogens (tertiary/aromatic N) is 1. The van der Waals surface area contributed by atoms with Crippen molar-refractivity contribution in [3.05, 3.63) is 51.5 Å². The number of carbonyl (C=O) groups is 1. The Kier molecular flexibility index (Phi) is 8.63. The van der Waals surface area contributed by atoms with Crippen molar-refractivity contribution in [3.8, 4) is 0 Å². The minimum atomic E-state index is -3.60. The summed E-state index contributed by atoms with van der Waals surface area (Å²) in [5, 5.41) is 0.819. The van der Waals surface area contributed by atoms with Gasteiger partial charge in [0, 0.05) is 29.1 Å². The zero-order valence-corrected chi connectivity index (χ0v) is 18.6. The minimum Gasteiger partial charge on any atom is -0.465 e. The monoisotopic (exact) mass is 457 g/mol. The van der Waals surface area contributed by atoms with Gasteiger partial charge in [-0.15, -0.1) is 11.3 Å². The second kappa shape index (κ2) is 10.7. The number of sulfonamides is 1. The number of ether oxygens (including phenoxy) is 1. The van der Waals surface area contributed by atoms with Crippen LogP contribution >= 0.6 is 22.9 Å². The van der Waals surface area contributed by atoms with Crippen molar-refractivity contribution in [3.63, 3.8) is 0 Å². The highest BCUT2D eigenvalue weighted by Crippen LogP contribution is 2.22. The Bertz CT molecular complexity index is 972. The zero-order valence-electron chi connectivity index (χ0n) is 16.2. The fraction of sp³-hybridized carbons (Fsp3) is 0.368. The Morgan fingerprint density at radius 1 is 1.41 bits per heavy atom. The number of nitrogens with one attached hydrogen (secondary N) is 1. The molecule has 0 bridgehead atoms. The summed E-state index contributed by atoms with van der Waals surface area (Å²) in [6.07, 6.45) is 5.27. The lowest BCUT2D eigenvalue weighted by Gasteiger charge is -2.06. The highest BCUT2D eigenvalue weighted by Gasteiger charge is 2.13. The van der Waals surface area contributed by atoms with Crippen LogP contribution in [0.2, 0.25) is 5.02 Å². The molecular weight excluding hydrogens is 434 g/mol. The van der Waals surface area contributed by atoms with E-state index in [0.29, 0.717) is 11.4 Å². The van der Waals surface area contributed by atoms with E-state index in [1.54, 1.807) is 38.3 Å². The first-order valence-corrected chi connectivity index (χ1v) is 11.8. The number of thiazole rings is 1. The van der Waals surface area contributed by atoms with Crippen LogP contribution in [0.3, 0.4) is 0 Å². The van der Waals surface area contributed by atoms with E-state index < -0.39 is 10.0 Å². The van der Waals surface area contributed by atoms with Gasteiger partial charge in [-0.05, 0) is 17.2 Å². The number of aromatic nitrogens is 1. The van der Waals surface area contributed by atoms with Crippen molar-refractivity contribution in [1.82, 2.24) is 4.98 Å². The van der Waals surface area contributed by atoms with Crippen molar-refractivity contribution in [2.45, 2.75) is 26.8 Å². The van der Waals surface area contributed by atoms with Crippen LogP contribution in [0.15, 0.2) is 30.5 Å². The summed E-state index contributed by atoms with van der Waals surface area (Å²) < 4.78 is 32.1. The molecule has 0 saturated carbocycles. The average Bonchev–Trinajstić information content (AvgIpc) is 3.08. The first-order valence-electron chi connectivity index (χ1n) is 8.97. The second-order valence-corrected chi connectivity index (χ2v) is 9.79. The predicted octanol–water partition coefficient (Wildman–Crippen LogP) is 3.45. The van der Waals surface area contributed by atoms with E-state index >= 15 is 0 Å². The number of benzene rings is 1. The fourth-order valence-electron chi connectivity index (χ4n) is 2.31. The Hall–Kier alpha value is -1.94. The molecule has 0 atom stereocenters. The van der Waals surface area contributed by atoms with Crippen molar-refractivity contribution >= 4 is 50.1 Å². The van der Waals surface area contributed by atoms with Crippen molar-refractivity contribution < 1.29 is 17.9 Å². The van der Waals surface area contributed by atoms with E-state index in [0.717, 1.165) is 16.0 Å². The van der Waals surface area contributed by atoms with E-state index in [4.69, 9.17) is 22.1 Å². The van der Waals surface area contributed by atoms with Crippen molar-refractivity contribution in [2.24, 2.45) is 11.7 Å². The van der Waals surface area contributed by atoms with Gasteiger partial charge in [-0.25, -0.2) is 13.4 Å². The summed E-state index contributed by atoms with van der Waals surface area (Å²) in [5.74, 6) is -0.663. The summed E-state index contributed by atoms with van der Waals surface area (Å²) in [4.78, 5) is 16.3. The molecule has 7 nitrogen and oxygen atoms in total. The van der Waals surface area contributed by atoms with Crippen LogP contribution in [0.4, 0.5) is 5.13 Å². The quantitative estimate of drug-likeness (QED) is 0.528. The smallest absolute Gasteiger partial charge is 0.308 e. The lowest BCUT2D eigenvalue weighted by molar-refractivity contribution is -0.147. The molecule has 0 aliphatic carbocycles. The van der Waals surface area contributed by atoms with E-state index in [1.165, 1.54) is 17.4 Å². The molecule has 0 radical (unpaired) electrons. The Morgan fingerprint density at radius 3 is 2.86 bits per heavy atom. The summed E-state index contributed by atoms with van der Waals surface area (Å²) >= 11 is 7.30. The van der Waals surface area contributed by atoms with Crippen molar-refractivity contribution in [1.29, 1.82) is 0 Å². The molecule has 3 N–H and O–H groups in total. The molecule has 1 heterocycles. The van der Waals surface area contributed by atoms with Gasteiger partial charge >= 0.3 is 5.97 Å². The van der Waals surface area contributed by atoms with E-state index in [1.807, 2.05) is 6.07 Å². The van der Waals surface area contributed by atoms with E-state index in [2.05, 4.69) is 9.71 Å². The van der Waals surface area contributed by atoms with Crippen LogP contribution in [0.5, 0.6) is 0 Å². The highest BCUT2D eigenvalue weighted by molar-refractivity contribution is 7.93. The summed E-state index contributed by atoms with van der Waals surface area (Å²) in [7, 11) is -3.60. The number of esters is 1. The lowest BCUT2D eigenvalue weighted by Crippen LogP contribution is -2.15. The number of halogens is 1. The number of hydrogen-bond donors (Lipinski definition) is 2. The average molecular weight is 458 g/mol. The van der Waals surface area contributed by atoms with Crippen LogP contribution in [0.1, 0.15) is 29.9 Å². The van der Waals surface area contributed by atoms with Crippen LogP contribution < -0.4 is 10.5 Å². The second-order valence-electron chi connectivity index (χ2n) is 6.50. The summed E-state index contributed by atoms with van der Waals surface area (Å²) in [6, 6.07) is 5.34. The Balaban J connectivity index is 1.91. The van der Waals surface area contributed by atoms with Gasteiger partial charge in [0.15, 0.2) is 5.13 Å².